The zero-order chi connectivity index (χ0) is 11.4. The van der Waals surface area contributed by atoms with E-state index in [9.17, 15) is 15.3 Å². The molecule has 0 amide bonds. The average molecular weight is 214 g/mol. The standard InChI is InChI=1S/C10H14O5/c1-15-8-3-6(2-7(12)4-8)10(14)9(13)5-11/h2-4,9-14H,5H2,1H3. The fourth-order valence-corrected chi connectivity index (χ4v) is 1.22. The second-order valence-electron chi connectivity index (χ2n) is 3.16. The maximum Gasteiger partial charge on any atom is 0.122 e. The Morgan fingerprint density at radius 2 is 1.93 bits per heavy atom. The number of phenolic OH excluding ortho intramolecular Hbond substituents is 1. The van der Waals surface area contributed by atoms with E-state index in [0.29, 0.717) is 5.75 Å². The third kappa shape index (κ3) is 2.82. The van der Waals surface area contributed by atoms with Crippen LogP contribution in [0.5, 0.6) is 11.5 Å². The first kappa shape index (κ1) is 11.8. The first-order chi connectivity index (χ1) is 7.08. The molecule has 15 heavy (non-hydrogen) atoms. The SMILES string of the molecule is COc1cc(O)cc(C(O)C(O)CO)c1. The lowest BCUT2D eigenvalue weighted by Gasteiger charge is -2.16. The van der Waals surface area contributed by atoms with Gasteiger partial charge in [-0.15, -0.1) is 0 Å². The number of phenols is 1. The third-order valence-electron chi connectivity index (χ3n) is 2.04. The summed E-state index contributed by atoms with van der Waals surface area (Å²) in [5, 5.41) is 36.7. The van der Waals surface area contributed by atoms with Crippen LogP contribution >= 0.6 is 0 Å². The molecule has 5 nitrogen and oxygen atoms in total. The highest BCUT2D eigenvalue weighted by Crippen LogP contribution is 2.27. The van der Waals surface area contributed by atoms with Gasteiger partial charge in [0.1, 0.15) is 23.7 Å². The van der Waals surface area contributed by atoms with Gasteiger partial charge >= 0.3 is 0 Å². The highest BCUT2D eigenvalue weighted by Gasteiger charge is 2.18. The molecule has 0 heterocycles. The molecule has 1 aromatic carbocycles. The van der Waals surface area contributed by atoms with E-state index in [1.54, 1.807) is 0 Å². The molecule has 0 aliphatic heterocycles. The van der Waals surface area contributed by atoms with E-state index in [4.69, 9.17) is 9.84 Å². The van der Waals surface area contributed by atoms with Gasteiger partial charge in [-0.1, -0.05) is 0 Å². The van der Waals surface area contributed by atoms with Crippen LogP contribution in [0.2, 0.25) is 0 Å². The van der Waals surface area contributed by atoms with Crippen LogP contribution in [-0.4, -0.2) is 40.2 Å². The molecule has 2 unspecified atom stereocenters. The Kier molecular flexibility index (Phi) is 3.90. The van der Waals surface area contributed by atoms with E-state index < -0.39 is 18.8 Å². The summed E-state index contributed by atoms with van der Waals surface area (Å²) < 4.78 is 4.88. The largest absolute Gasteiger partial charge is 0.508 e. The van der Waals surface area contributed by atoms with Gasteiger partial charge in [-0.05, 0) is 17.7 Å². The average Bonchev–Trinajstić information content (AvgIpc) is 2.26. The fourth-order valence-electron chi connectivity index (χ4n) is 1.22. The molecule has 0 saturated carbocycles. The van der Waals surface area contributed by atoms with Gasteiger partial charge in [-0.3, -0.25) is 0 Å². The lowest BCUT2D eigenvalue weighted by Crippen LogP contribution is -2.21. The summed E-state index contributed by atoms with van der Waals surface area (Å²) >= 11 is 0. The van der Waals surface area contributed by atoms with Gasteiger partial charge in [-0.25, -0.2) is 0 Å². The van der Waals surface area contributed by atoms with E-state index >= 15 is 0 Å². The van der Waals surface area contributed by atoms with E-state index in [0.717, 1.165) is 0 Å². The number of ether oxygens (including phenoxy) is 1. The summed E-state index contributed by atoms with van der Waals surface area (Å²) in [5.41, 5.74) is 0.286. The fraction of sp³-hybridized carbons (Fsp3) is 0.400. The van der Waals surface area contributed by atoms with Gasteiger partial charge in [0, 0.05) is 6.07 Å². The van der Waals surface area contributed by atoms with Gasteiger partial charge in [0.25, 0.3) is 0 Å². The Morgan fingerprint density at radius 3 is 2.47 bits per heavy atom. The van der Waals surface area contributed by atoms with Crippen LogP contribution in [0.4, 0.5) is 0 Å². The number of rotatable bonds is 4. The van der Waals surface area contributed by atoms with Gasteiger partial charge in [0.05, 0.1) is 13.7 Å². The Bertz CT molecular complexity index is 326. The third-order valence-corrected chi connectivity index (χ3v) is 2.04. The van der Waals surface area contributed by atoms with Crippen molar-refractivity contribution in [1.29, 1.82) is 0 Å². The van der Waals surface area contributed by atoms with Crippen molar-refractivity contribution in [2.24, 2.45) is 0 Å². The van der Waals surface area contributed by atoms with Crippen molar-refractivity contribution in [2.75, 3.05) is 13.7 Å². The number of aliphatic hydroxyl groups excluding tert-OH is 3. The number of hydrogen-bond acceptors (Lipinski definition) is 5. The molecular formula is C10H14O5. The monoisotopic (exact) mass is 214 g/mol. The summed E-state index contributed by atoms with van der Waals surface area (Å²) in [6.45, 7) is -0.556. The van der Waals surface area contributed by atoms with Crippen LogP contribution in [0.15, 0.2) is 18.2 Å². The molecule has 0 bridgehead atoms. The minimum Gasteiger partial charge on any atom is -0.508 e. The summed E-state index contributed by atoms with van der Waals surface area (Å²) in [4.78, 5) is 0. The highest BCUT2D eigenvalue weighted by atomic mass is 16.5. The smallest absolute Gasteiger partial charge is 0.122 e. The van der Waals surface area contributed by atoms with Gasteiger partial charge in [0.2, 0.25) is 0 Å². The lowest BCUT2D eigenvalue weighted by atomic mass is 10.0. The Morgan fingerprint density at radius 1 is 1.27 bits per heavy atom. The minimum atomic E-state index is -1.28. The normalized spacial score (nSPS) is 14.7. The second kappa shape index (κ2) is 4.97. The van der Waals surface area contributed by atoms with Gasteiger partial charge < -0.3 is 25.2 Å². The van der Waals surface area contributed by atoms with E-state index in [2.05, 4.69) is 0 Å². The Hall–Kier alpha value is -1.30. The van der Waals surface area contributed by atoms with Gasteiger partial charge in [0.15, 0.2) is 0 Å². The van der Waals surface area contributed by atoms with Crippen molar-refractivity contribution in [3.8, 4) is 11.5 Å². The van der Waals surface area contributed by atoms with Crippen molar-refractivity contribution < 1.29 is 25.2 Å². The second-order valence-corrected chi connectivity index (χ2v) is 3.16. The maximum absolute atomic E-state index is 9.56. The summed E-state index contributed by atoms with van der Waals surface area (Å²) in [6, 6.07) is 4.15. The molecule has 0 fully saturated rings. The van der Waals surface area contributed by atoms with Crippen molar-refractivity contribution in [1.82, 2.24) is 0 Å². The van der Waals surface area contributed by atoms with E-state index in [-0.39, 0.29) is 11.3 Å². The molecule has 5 heteroatoms. The number of methoxy groups -OCH3 is 1. The van der Waals surface area contributed by atoms with Crippen molar-refractivity contribution in [3.63, 3.8) is 0 Å². The van der Waals surface area contributed by atoms with Crippen molar-refractivity contribution >= 4 is 0 Å². The van der Waals surface area contributed by atoms with Crippen LogP contribution in [0.3, 0.4) is 0 Å². The van der Waals surface area contributed by atoms with Crippen LogP contribution < -0.4 is 4.74 Å². The molecule has 0 aromatic heterocycles. The van der Waals surface area contributed by atoms with Crippen molar-refractivity contribution in [3.05, 3.63) is 23.8 Å². The first-order valence-corrected chi connectivity index (χ1v) is 4.43. The topological polar surface area (TPSA) is 90.2 Å². The first-order valence-electron chi connectivity index (χ1n) is 4.43. The summed E-state index contributed by atoms with van der Waals surface area (Å²) in [6.07, 6.45) is -2.53. The molecule has 84 valence electrons. The zero-order valence-electron chi connectivity index (χ0n) is 8.29. The van der Waals surface area contributed by atoms with Gasteiger partial charge in [-0.2, -0.15) is 0 Å². The predicted molar refractivity (Wildman–Crippen MR) is 52.7 cm³/mol. The number of aromatic hydroxyl groups is 1. The minimum absolute atomic E-state index is 0.0754. The molecule has 0 aliphatic carbocycles. The van der Waals surface area contributed by atoms with Crippen molar-refractivity contribution in [2.45, 2.75) is 12.2 Å². The molecule has 4 N–H and O–H groups in total. The lowest BCUT2D eigenvalue weighted by molar-refractivity contribution is -0.0154. The van der Waals surface area contributed by atoms with Crippen LogP contribution in [0.25, 0.3) is 0 Å². The Labute approximate surface area is 87.2 Å². The number of hydrogen-bond donors (Lipinski definition) is 4. The zero-order valence-corrected chi connectivity index (χ0v) is 8.29. The van der Waals surface area contributed by atoms with E-state index in [1.807, 2.05) is 0 Å². The molecule has 1 aromatic rings. The molecule has 0 radical (unpaired) electrons. The summed E-state index contributed by atoms with van der Waals surface area (Å²) in [5.74, 6) is 0.294. The van der Waals surface area contributed by atoms with Crippen LogP contribution in [-0.2, 0) is 0 Å². The number of aliphatic hydroxyl groups is 3. The number of benzene rings is 1. The molecule has 0 aliphatic rings. The Balaban J connectivity index is 2.97. The molecule has 0 spiro atoms. The maximum atomic E-state index is 9.56. The van der Waals surface area contributed by atoms with E-state index in [1.165, 1.54) is 25.3 Å². The highest BCUT2D eigenvalue weighted by molar-refractivity contribution is 5.38. The molecule has 2 atom stereocenters. The summed E-state index contributed by atoms with van der Waals surface area (Å²) in [7, 11) is 1.42. The van der Waals surface area contributed by atoms with Crippen LogP contribution in [0, 0.1) is 0 Å². The van der Waals surface area contributed by atoms with Crippen LogP contribution in [0.1, 0.15) is 11.7 Å². The quantitative estimate of drug-likeness (QED) is 0.556. The molecule has 1 rings (SSSR count). The molecular weight excluding hydrogens is 200 g/mol. The molecule has 0 saturated heterocycles. The predicted octanol–water partition coefficient (Wildman–Crippen LogP) is -0.213.